The molecule has 1 heteroatoms. The van der Waals surface area contributed by atoms with Crippen LogP contribution in [0, 0.1) is 0 Å². The van der Waals surface area contributed by atoms with Gasteiger partial charge in [0.05, 0.1) is 6.04 Å². The zero-order chi connectivity index (χ0) is 13.8. The van der Waals surface area contributed by atoms with Crippen LogP contribution in [0.4, 0.5) is 11.4 Å². The average Bonchev–Trinajstić information content (AvgIpc) is 2.50. The molecule has 3 rings (SSSR count). The maximum absolute atomic E-state index is 2.41. The van der Waals surface area contributed by atoms with Crippen molar-refractivity contribution in [3.05, 3.63) is 84.5 Å². The number of benzene rings is 2. The van der Waals surface area contributed by atoms with E-state index in [1.165, 1.54) is 16.9 Å². The van der Waals surface area contributed by atoms with E-state index in [4.69, 9.17) is 0 Å². The lowest BCUT2D eigenvalue weighted by Crippen LogP contribution is -2.30. The Morgan fingerprint density at radius 1 is 0.850 bits per heavy atom. The fourth-order valence-corrected chi connectivity index (χ4v) is 2.70. The smallest absolute Gasteiger partial charge is 0.0562 e. The van der Waals surface area contributed by atoms with Gasteiger partial charge in [-0.25, -0.2) is 0 Å². The minimum Gasteiger partial charge on any atom is -0.334 e. The van der Waals surface area contributed by atoms with Gasteiger partial charge in [-0.15, -0.1) is 0 Å². The fourth-order valence-electron chi connectivity index (χ4n) is 2.70. The molecule has 0 fully saturated rings. The van der Waals surface area contributed by atoms with Crippen LogP contribution in [-0.2, 0) is 0 Å². The van der Waals surface area contributed by atoms with E-state index < -0.39 is 0 Å². The van der Waals surface area contributed by atoms with Gasteiger partial charge in [-0.2, -0.15) is 0 Å². The van der Waals surface area contributed by atoms with Gasteiger partial charge in [0.2, 0.25) is 0 Å². The van der Waals surface area contributed by atoms with Crippen molar-refractivity contribution >= 4 is 11.4 Å². The largest absolute Gasteiger partial charge is 0.334 e. The van der Waals surface area contributed by atoms with Gasteiger partial charge in [-0.05, 0) is 37.6 Å². The Bertz CT molecular complexity index is 571. The van der Waals surface area contributed by atoms with Crippen LogP contribution in [0.5, 0.6) is 0 Å². The number of allylic oxidation sites excluding steroid dienone is 2. The molecule has 0 aliphatic heterocycles. The van der Waals surface area contributed by atoms with Gasteiger partial charge in [-0.3, -0.25) is 0 Å². The third kappa shape index (κ3) is 2.67. The zero-order valence-electron chi connectivity index (χ0n) is 11.7. The molecule has 20 heavy (non-hydrogen) atoms. The number of hydrogen-bond acceptors (Lipinski definition) is 1. The Kier molecular flexibility index (Phi) is 3.69. The van der Waals surface area contributed by atoms with Gasteiger partial charge >= 0.3 is 0 Å². The highest BCUT2D eigenvalue weighted by atomic mass is 15.2. The third-order valence-electron chi connectivity index (χ3n) is 3.65. The van der Waals surface area contributed by atoms with Crippen LogP contribution in [0.25, 0.3) is 0 Å². The standard InChI is InChI=1S/C19H19N/c1-16-9-8-14-19(15-16)20(17-10-4-2-5-11-17)18-12-6-3-7-13-18/h2-14,19H,15H2,1H3/t19-/m0/s1. The summed E-state index contributed by atoms with van der Waals surface area (Å²) in [5, 5.41) is 0. The molecular weight excluding hydrogens is 242 g/mol. The summed E-state index contributed by atoms with van der Waals surface area (Å²) in [4.78, 5) is 2.41. The molecule has 0 unspecified atom stereocenters. The van der Waals surface area contributed by atoms with Gasteiger partial charge in [0.25, 0.3) is 0 Å². The molecule has 0 saturated heterocycles. The van der Waals surface area contributed by atoms with Gasteiger partial charge in [0, 0.05) is 11.4 Å². The summed E-state index contributed by atoms with van der Waals surface area (Å²) < 4.78 is 0. The van der Waals surface area contributed by atoms with Crippen molar-refractivity contribution in [3.63, 3.8) is 0 Å². The van der Waals surface area contributed by atoms with Crippen molar-refractivity contribution in [2.45, 2.75) is 19.4 Å². The lowest BCUT2D eigenvalue weighted by molar-refractivity contribution is 0.757. The Morgan fingerprint density at radius 3 is 1.90 bits per heavy atom. The van der Waals surface area contributed by atoms with Crippen LogP contribution < -0.4 is 4.90 Å². The Balaban J connectivity index is 2.01. The van der Waals surface area contributed by atoms with E-state index in [0.717, 1.165) is 6.42 Å². The number of anilines is 2. The average molecular weight is 261 g/mol. The van der Waals surface area contributed by atoms with Gasteiger partial charge in [0.1, 0.15) is 0 Å². The molecule has 0 N–H and O–H groups in total. The van der Waals surface area contributed by atoms with Crippen LogP contribution in [-0.4, -0.2) is 6.04 Å². The normalized spacial score (nSPS) is 17.6. The Morgan fingerprint density at radius 2 is 1.40 bits per heavy atom. The number of hydrogen-bond donors (Lipinski definition) is 0. The van der Waals surface area contributed by atoms with Gasteiger partial charge in [0.15, 0.2) is 0 Å². The molecule has 1 atom stereocenters. The zero-order valence-corrected chi connectivity index (χ0v) is 11.7. The number of para-hydroxylation sites is 2. The van der Waals surface area contributed by atoms with Crippen LogP contribution in [0.2, 0.25) is 0 Å². The second-order valence-electron chi connectivity index (χ2n) is 5.21. The molecule has 0 bridgehead atoms. The molecule has 0 radical (unpaired) electrons. The van der Waals surface area contributed by atoms with Gasteiger partial charge < -0.3 is 4.90 Å². The van der Waals surface area contributed by atoms with E-state index in [2.05, 4.69) is 90.7 Å². The predicted octanol–water partition coefficient (Wildman–Crippen LogP) is 5.10. The summed E-state index contributed by atoms with van der Waals surface area (Å²) in [7, 11) is 0. The minimum absolute atomic E-state index is 0.379. The molecule has 0 saturated carbocycles. The molecule has 0 amide bonds. The summed E-state index contributed by atoms with van der Waals surface area (Å²) in [6.45, 7) is 2.20. The van der Waals surface area contributed by atoms with E-state index >= 15 is 0 Å². The van der Waals surface area contributed by atoms with Crippen LogP contribution in [0.15, 0.2) is 84.5 Å². The molecule has 0 aromatic heterocycles. The molecule has 2 aromatic carbocycles. The van der Waals surface area contributed by atoms with Crippen LogP contribution in [0.1, 0.15) is 13.3 Å². The minimum atomic E-state index is 0.379. The number of nitrogens with zero attached hydrogens (tertiary/aromatic N) is 1. The Hall–Kier alpha value is -2.28. The second kappa shape index (κ2) is 5.79. The highest BCUT2D eigenvalue weighted by Crippen LogP contribution is 2.31. The summed E-state index contributed by atoms with van der Waals surface area (Å²) in [6, 6.07) is 21.6. The highest BCUT2D eigenvalue weighted by molar-refractivity contribution is 5.65. The monoisotopic (exact) mass is 261 g/mol. The molecule has 100 valence electrons. The topological polar surface area (TPSA) is 3.24 Å². The summed E-state index contributed by atoms with van der Waals surface area (Å²) >= 11 is 0. The Labute approximate surface area is 120 Å². The molecule has 1 nitrogen and oxygen atoms in total. The maximum atomic E-state index is 2.41. The van der Waals surface area contributed by atoms with Gasteiger partial charge in [-0.1, -0.05) is 60.2 Å². The summed E-state index contributed by atoms with van der Waals surface area (Å²) in [6.07, 6.45) is 7.72. The van der Waals surface area contributed by atoms with Crippen molar-refractivity contribution in [2.75, 3.05) is 4.90 Å². The first-order valence-electron chi connectivity index (χ1n) is 7.08. The molecule has 2 aromatic rings. The van der Waals surface area contributed by atoms with E-state index in [0.29, 0.717) is 6.04 Å². The molecule has 1 aliphatic rings. The molecule has 0 heterocycles. The lowest BCUT2D eigenvalue weighted by Gasteiger charge is -2.33. The quantitative estimate of drug-likeness (QED) is 0.743. The van der Waals surface area contributed by atoms with Crippen LogP contribution in [0.3, 0.4) is 0 Å². The second-order valence-corrected chi connectivity index (χ2v) is 5.21. The first-order chi connectivity index (χ1) is 9.84. The SMILES string of the molecule is CC1=CC=C[C@H](N(c2ccccc2)c2ccccc2)C1. The van der Waals surface area contributed by atoms with Crippen LogP contribution >= 0.6 is 0 Å². The first-order valence-corrected chi connectivity index (χ1v) is 7.08. The highest BCUT2D eigenvalue weighted by Gasteiger charge is 2.19. The lowest BCUT2D eigenvalue weighted by atomic mass is 9.99. The molecule has 0 spiro atoms. The van der Waals surface area contributed by atoms with Crippen molar-refractivity contribution < 1.29 is 0 Å². The molecular formula is C19H19N. The van der Waals surface area contributed by atoms with E-state index in [9.17, 15) is 0 Å². The third-order valence-corrected chi connectivity index (χ3v) is 3.65. The van der Waals surface area contributed by atoms with Crippen molar-refractivity contribution in [1.29, 1.82) is 0 Å². The van der Waals surface area contributed by atoms with E-state index in [1.54, 1.807) is 0 Å². The van der Waals surface area contributed by atoms with E-state index in [1.807, 2.05) is 0 Å². The number of rotatable bonds is 3. The van der Waals surface area contributed by atoms with Crippen molar-refractivity contribution in [2.24, 2.45) is 0 Å². The van der Waals surface area contributed by atoms with Crippen molar-refractivity contribution in [1.82, 2.24) is 0 Å². The fraction of sp³-hybridized carbons (Fsp3) is 0.158. The molecule has 1 aliphatic carbocycles. The first kappa shape index (κ1) is 12.7. The predicted molar refractivity (Wildman–Crippen MR) is 86.3 cm³/mol. The summed E-state index contributed by atoms with van der Waals surface area (Å²) in [5.74, 6) is 0. The van der Waals surface area contributed by atoms with Crippen molar-refractivity contribution in [3.8, 4) is 0 Å². The summed E-state index contributed by atoms with van der Waals surface area (Å²) in [5.41, 5.74) is 3.90. The van der Waals surface area contributed by atoms with E-state index in [-0.39, 0.29) is 0 Å². The maximum Gasteiger partial charge on any atom is 0.0562 e.